The second kappa shape index (κ2) is 9.56. The SMILES string of the molecule is CCCCCCCCCCn1c(OC)nc(C)cc1=O. The van der Waals surface area contributed by atoms with Gasteiger partial charge in [0.1, 0.15) is 0 Å². The minimum atomic E-state index is -0.0164. The topological polar surface area (TPSA) is 44.1 Å². The molecule has 0 N–H and O–H groups in total. The van der Waals surface area contributed by atoms with Crippen LogP contribution in [0, 0.1) is 6.92 Å². The summed E-state index contributed by atoms with van der Waals surface area (Å²) in [5.41, 5.74) is 0.691. The quantitative estimate of drug-likeness (QED) is 0.614. The number of methoxy groups -OCH3 is 1. The normalized spacial score (nSPS) is 10.8. The zero-order chi connectivity index (χ0) is 14.8. The van der Waals surface area contributed by atoms with Crippen LogP contribution in [0.25, 0.3) is 0 Å². The van der Waals surface area contributed by atoms with E-state index < -0.39 is 0 Å². The molecule has 0 saturated heterocycles. The summed E-state index contributed by atoms with van der Waals surface area (Å²) >= 11 is 0. The molecule has 0 bridgehead atoms. The highest BCUT2D eigenvalue weighted by molar-refractivity contribution is 5.06. The average molecular weight is 280 g/mol. The van der Waals surface area contributed by atoms with E-state index in [1.165, 1.54) is 38.5 Å². The fourth-order valence-corrected chi connectivity index (χ4v) is 2.36. The maximum atomic E-state index is 11.9. The van der Waals surface area contributed by atoms with Gasteiger partial charge in [-0.2, -0.15) is 0 Å². The third-order valence-corrected chi connectivity index (χ3v) is 3.52. The Labute approximate surface area is 122 Å². The Morgan fingerprint density at radius 1 is 1.10 bits per heavy atom. The molecule has 20 heavy (non-hydrogen) atoms. The maximum absolute atomic E-state index is 11.9. The standard InChI is InChI=1S/C16H28N2O2/c1-4-5-6-7-8-9-10-11-12-18-15(19)13-14(2)17-16(18)20-3/h13H,4-12H2,1-3H3. The number of unbranched alkanes of at least 4 members (excludes halogenated alkanes) is 7. The molecule has 0 amide bonds. The largest absolute Gasteiger partial charge is 0.468 e. The minimum Gasteiger partial charge on any atom is -0.468 e. The lowest BCUT2D eigenvalue weighted by Gasteiger charge is -2.10. The first-order valence-corrected chi connectivity index (χ1v) is 7.81. The van der Waals surface area contributed by atoms with E-state index in [-0.39, 0.29) is 5.56 Å². The molecule has 0 radical (unpaired) electrons. The van der Waals surface area contributed by atoms with Crippen LogP contribution in [0.2, 0.25) is 0 Å². The molecule has 0 atom stereocenters. The van der Waals surface area contributed by atoms with Crippen LogP contribution in [-0.4, -0.2) is 16.7 Å². The zero-order valence-corrected chi connectivity index (χ0v) is 13.2. The van der Waals surface area contributed by atoms with E-state index in [0.717, 1.165) is 12.8 Å². The van der Waals surface area contributed by atoms with E-state index in [9.17, 15) is 4.79 Å². The molecule has 1 rings (SSSR count). The summed E-state index contributed by atoms with van der Waals surface area (Å²) in [5, 5.41) is 0. The molecule has 1 heterocycles. The van der Waals surface area contributed by atoms with Crippen molar-refractivity contribution in [3.63, 3.8) is 0 Å². The lowest BCUT2D eigenvalue weighted by Crippen LogP contribution is -2.22. The minimum absolute atomic E-state index is 0.0164. The Morgan fingerprint density at radius 2 is 1.70 bits per heavy atom. The third kappa shape index (κ3) is 5.76. The molecule has 4 nitrogen and oxygen atoms in total. The molecular weight excluding hydrogens is 252 g/mol. The molecule has 0 aliphatic rings. The summed E-state index contributed by atoms with van der Waals surface area (Å²) < 4.78 is 6.81. The first-order chi connectivity index (χ1) is 9.69. The molecule has 114 valence electrons. The summed E-state index contributed by atoms with van der Waals surface area (Å²) in [4.78, 5) is 16.1. The first kappa shape index (κ1) is 16.7. The van der Waals surface area contributed by atoms with Gasteiger partial charge in [-0.25, -0.2) is 4.98 Å². The Bertz CT molecular complexity index is 441. The van der Waals surface area contributed by atoms with Crippen molar-refractivity contribution in [2.45, 2.75) is 71.8 Å². The van der Waals surface area contributed by atoms with Crippen molar-refractivity contribution in [2.24, 2.45) is 0 Å². The number of hydrogen-bond acceptors (Lipinski definition) is 3. The predicted octanol–water partition coefficient (Wildman–Crippen LogP) is 3.70. The highest BCUT2D eigenvalue weighted by Gasteiger charge is 2.06. The number of aromatic nitrogens is 2. The zero-order valence-electron chi connectivity index (χ0n) is 13.2. The second-order valence-electron chi connectivity index (χ2n) is 5.35. The van der Waals surface area contributed by atoms with E-state index >= 15 is 0 Å². The average Bonchev–Trinajstić information content (AvgIpc) is 2.43. The number of ether oxygens (including phenoxy) is 1. The van der Waals surface area contributed by atoms with Crippen LogP contribution in [0.15, 0.2) is 10.9 Å². The van der Waals surface area contributed by atoms with Gasteiger partial charge in [-0.1, -0.05) is 51.9 Å². The number of rotatable bonds is 10. The molecule has 1 aromatic rings. The van der Waals surface area contributed by atoms with Crippen LogP contribution >= 0.6 is 0 Å². The molecule has 0 aliphatic carbocycles. The van der Waals surface area contributed by atoms with Gasteiger partial charge in [0.05, 0.1) is 7.11 Å². The maximum Gasteiger partial charge on any atom is 0.299 e. The van der Waals surface area contributed by atoms with Gasteiger partial charge in [-0.15, -0.1) is 0 Å². The Kier molecular flexibility index (Phi) is 8.00. The van der Waals surface area contributed by atoms with Gasteiger partial charge >= 0.3 is 0 Å². The van der Waals surface area contributed by atoms with Crippen molar-refractivity contribution in [3.05, 3.63) is 22.1 Å². The van der Waals surface area contributed by atoms with E-state index in [4.69, 9.17) is 4.74 Å². The van der Waals surface area contributed by atoms with Crippen molar-refractivity contribution in [2.75, 3.05) is 7.11 Å². The summed E-state index contributed by atoms with van der Waals surface area (Å²) in [7, 11) is 1.56. The number of nitrogens with zero attached hydrogens (tertiary/aromatic N) is 2. The van der Waals surface area contributed by atoms with E-state index in [1.807, 2.05) is 6.92 Å². The molecule has 4 heteroatoms. The Hall–Kier alpha value is -1.32. The molecule has 0 unspecified atom stereocenters. The van der Waals surface area contributed by atoms with Gasteiger partial charge in [0.15, 0.2) is 0 Å². The number of hydrogen-bond donors (Lipinski definition) is 0. The van der Waals surface area contributed by atoms with Crippen molar-refractivity contribution in [3.8, 4) is 6.01 Å². The summed E-state index contributed by atoms with van der Waals surface area (Å²) in [6, 6.07) is 1.99. The van der Waals surface area contributed by atoms with Crippen molar-refractivity contribution in [1.82, 2.24) is 9.55 Å². The molecule has 1 aromatic heterocycles. The highest BCUT2D eigenvalue weighted by Crippen LogP contribution is 2.10. The fraction of sp³-hybridized carbons (Fsp3) is 0.750. The van der Waals surface area contributed by atoms with Crippen LogP contribution in [-0.2, 0) is 6.54 Å². The fourth-order valence-electron chi connectivity index (χ4n) is 2.36. The molecule has 0 aliphatic heterocycles. The van der Waals surface area contributed by atoms with Crippen LogP contribution < -0.4 is 10.3 Å². The first-order valence-electron chi connectivity index (χ1n) is 7.81. The van der Waals surface area contributed by atoms with Crippen molar-refractivity contribution in [1.29, 1.82) is 0 Å². The van der Waals surface area contributed by atoms with Gasteiger partial charge in [0, 0.05) is 18.3 Å². The smallest absolute Gasteiger partial charge is 0.299 e. The van der Waals surface area contributed by atoms with Crippen LogP contribution in [0.4, 0.5) is 0 Å². The molecular formula is C16H28N2O2. The lowest BCUT2D eigenvalue weighted by molar-refractivity contribution is 0.340. The van der Waals surface area contributed by atoms with E-state index in [0.29, 0.717) is 18.2 Å². The predicted molar refractivity (Wildman–Crippen MR) is 82.4 cm³/mol. The summed E-state index contributed by atoms with van der Waals surface area (Å²) in [6.45, 7) is 4.75. The van der Waals surface area contributed by atoms with Gasteiger partial charge in [0.2, 0.25) is 0 Å². The monoisotopic (exact) mass is 280 g/mol. The molecule has 0 spiro atoms. The summed E-state index contributed by atoms with van der Waals surface area (Å²) in [5.74, 6) is 0. The second-order valence-corrected chi connectivity index (χ2v) is 5.35. The van der Waals surface area contributed by atoms with Gasteiger partial charge in [-0.05, 0) is 13.3 Å². The van der Waals surface area contributed by atoms with Crippen LogP contribution in [0.3, 0.4) is 0 Å². The van der Waals surface area contributed by atoms with Crippen LogP contribution in [0.1, 0.15) is 64.0 Å². The highest BCUT2D eigenvalue weighted by atomic mass is 16.5. The van der Waals surface area contributed by atoms with Crippen molar-refractivity contribution < 1.29 is 4.74 Å². The van der Waals surface area contributed by atoms with Gasteiger partial charge in [0.25, 0.3) is 11.6 Å². The summed E-state index contributed by atoms with van der Waals surface area (Å²) in [6.07, 6.45) is 10.1. The Balaban J connectivity index is 2.30. The number of aryl methyl sites for hydroxylation is 1. The van der Waals surface area contributed by atoms with Crippen LogP contribution in [0.5, 0.6) is 6.01 Å². The van der Waals surface area contributed by atoms with Crippen molar-refractivity contribution >= 4 is 0 Å². The molecule has 0 fully saturated rings. The lowest BCUT2D eigenvalue weighted by atomic mass is 10.1. The third-order valence-electron chi connectivity index (χ3n) is 3.52. The van der Waals surface area contributed by atoms with Gasteiger partial charge in [-0.3, -0.25) is 9.36 Å². The van der Waals surface area contributed by atoms with E-state index in [1.54, 1.807) is 17.7 Å². The van der Waals surface area contributed by atoms with E-state index in [2.05, 4.69) is 11.9 Å². The molecule has 0 aromatic carbocycles. The molecule has 0 saturated carbocycles. The Morgan fingerprint density at radius 3 is 2.30 bits per heavy atom. The van der Waals surface area contributed by atoms with Gasteiger partial charge < -0.3 is 4.74 Å².